The van der Waals surface area contributed by atoms with E-state index in [1.807, 2.05) is 12.1 Å². The molecule has 1 unspecified atom stereocenters. The van der Waals surface area contributed by atoms with Gasteiger partial charge < -0.3 is 33.0 Å². The van der Waals surface area contributed by atoms with Crippen LogP contribution in [0, 0.1) is 4.91 Å². The molecule has 11 nitrogen and oxygen atoms in total. The lowest BCUT2D eigenvalue weighted by Crippen LogP contribution is -2.35. The lowest BCUT2D eigenvalue weighted by Gasteiger charge is -2.14. The number of carbonyl (C=O) groups is 1. The van der Waals surface area contributed by atoms with Crippen LogP contribution in [0.2, 0.25) is 0 Å². The number of nitrogens with one attached hydrogen (secondary N) is 1. The zero-order valence-electron chi connectivity index (χ0n) is 19.1. The van der Waals surface area contributed by atoms with E-state index in [0.717, 1.165) is 44.1 Å². The van der Waals surface area contributed by atoms with Gasteiger partial charge in [0.05, 0.1) is 15.6 Å². The second-order valence-corrected chi connectivity index (χ2v) is 9.30. The number of hydrogen-bond donors (Lipinski definition) is 5. The predicted molar refractivity (Wildman–Crippen MR) is 143 cm³/mol. The van der Waals surface area contributed by atoms with Crippen LogP contribution < -0.4 is 33.0 Å². The Morgan fingerprint density at radius 1 is 0.912 bits per heavy atom. The van der Waals surface area contributed by atoms with Crippen LogP contribution in [0.1, 0.15) is 44.1 Å². The van der Waals surface area contributed by atoms with Crippen molar-refractivity contribution in [3.05, 3.63) is 31.5 Å². The smallest absolute Gasteiger partial charge is 0.248 e. The Balaban J connectivity index is 2.45. The van der Waals surface area contributed by atoms with E-state index in [1.165, 1.54) is 0 Å². The average molecular weight is 606 g/mol. The second kappa shape index (κ2) is 17.1. The molecular formula is C21H34Br2N8O3. The van der Waals surface area contributed by atoms with Crippen LogP contribution in [0.4, 0.5) is 0 Å². The van der Waals surface area contributed by atoms with Crippen molar-refractivity contribution in [3.8, 4) is 5.75 Å². The van der Waals surface area contributed by atoms with Gasteiger partial charge in [-0.3, -0.25) is 14.8 Å². The lowest BCUT2D eigenvalue weighted by atomic mass is 10.1. The van der Waals surface area contributed by atoms with E-state index in [9.17, 15) is 9.70 Å². The normalized spacial score (nSPS) is 11.4. The number of benzene rings is 1. The molecule has 1 aromatic rings. The summed E-state index contributed by atoms with van der Waals surface area (Å²) in [5.74, 6) is 0.431. The molecule has 190 valence electrons. The molecule has 0 bridgehead atoms. The molecule has 1 amide bonds. The molecule has 0 aliphatic rings. The molecule has 0 heterocycles. The van der Waals surface area contributed by atoms with Crippen molar-refractivity contribution < 1.29 is 9.53 Å². The Hall–Kier alpha value is -2.41. The number of hydrogen-bond acceptors (Lipinski definition) is 6. The van der Waals surface area contributed by atoms with Crippen molar-refractivity contribution in [1.29, 1.82) is 0 Å². The van der Waals surface area contributed by atoms with Crippen molar-refractivity contribution in [1.82, 2.24) is 5.32 Å². The number of nitrogens with zero attached hydrogens (tertiary/aromatic N) is 3. The van der Waals surface area contributed by atoms with Crippen LogP contribution in [-0.4, -0.2) is 50.1 Å². The summed E-state index contributed by atoms with van der Waals surface area (Å²) < 4.78 is 7.26. The fourth-order valence-electron chi connectivity index (χ4n) is 2.99. The first-order valence-electron chi connectivity index (χ1n) is 11.1. The SMILES string of the molecule is NC(N)=NCCCCCCNC(=O)C(Cc1cc(Br)c(OCCCCN=C(N)N)c(Br)c1)N=O. The van der Waals surface area contributed by atoms with E-state index in [1.54, 1.807) is 0 Å². The Labute approximate surface area is 216 Å². The molecule has 1 aromatic carbocycles. The van der Waals surface area contributed by atoms with Crippen LogP contribution in [-0.2, 0) is 11.2 Å². The summed E-state index contributed by atoms with van der Waals surface area (Å²) in [6.07, 6.45) is 5.32. The van der Waals surface area contributed by atoms with Crippen molar-refractivity contribution in [2.75, 3.05) is 26.2 Å². The molecular weight excluding hydrogens is 572 g/mol. The standard InChI is InChI=1S/C21H34Br2N8O3/c22-15-11-14(12-16(23)18(15)34-10-6-5-9-30-21(26)27)13-17(31-33)19(32)28-7-3-1-2-4-8-29-20(24)25/h11-12,17H,1-10,13H2,(H,28,32)(H4,24,25,29)(H4,26,27,30). The number of nitrogens with two attached hydrogens (primary N) is 4. The summed E-state index contributed by atoms with van der Waals surface area (Å²) in [5.41, 5.74) is 21.9. The summed E-state index contributed by atoms with van der Waals surface area (Å²) in [4.78, 5) is 31.5. The quantitative estimate of drug-likeness (QED) is 0.0776. The van der Waals surface area contributed by atoms with Gasteiger partial charge in [-0.25, -0.2) is 0 Å². The van der Waals surface area contributed by atoms with Gasteiger partial charge in [-0.05, 0) is 75.2 Å². The Bertz CT molecular complexity index is 820. The highest BCUT2D eigenvalue weighted by molar-refractivity contribution is 9.11. The number of guanidine groups is 2. The van der Waals surface area contributed by atoms with Gasteiger partial charge in [0.2, 0.25) is 5.91 Å². The molecule has 0 saturated heterocycles. The number of carbonyl (C=O) groups excluding carboxylic acids is 1. The van der Waals surface area contributed by atoms with Crippen molar-refractivity contribution in [2.24, 2.45) is 38.1 Å². The highest BCUT2D eigenvalue weighted by atomic mass is 79.9. The minimum Gasteiger partial charge on any atom is -0.491 e. The highest BCUT2D eigenvalue weighted by Crippen LogP contribution is 2.35. The summed E-state index contributed by atoms with van der Waals surface area (Å²) in [6, 6.07) is 2.63. The first-order valence-corrected chi connectivity index (χ1v) is 12.6. The first-order chi connectivity index (χ1) is 16.2. The largest absolute Gasteiger partial charge is 0.491 e. The third kappa shape index (κ3) is 12.7. The Kier molecular flexibility index (Phi) is 14.9. The summed E-state index contributed by atoms with van der Waals surface area (Å²) >= 11 is 6.99. The van der Waals surface area contributed by atoms with Gasteiger partial charge >= 0.3 is 0 Å². The van der Waals surface area contributed by atoms with Crippen LogP contribution in [0.25, 0.3) is 0 Å². The maximum absolute atomic E-state index is 12.4. The molecule has 1 rings (SSSR count). The fourth-order valence-corrected chi connectivity index (χ4v) is 4.50. The maximum atomic E-state index is 12.4. The highest BCUT2D eigenvalue weighted by Gasteiger charge is 2.21. The maximum Gasteiger partial charge on any atom is 0.248 e. The number of halogens is 2. The van der Waals surface area contributed by atoms with E-state index in [-0.39, 0.29) is 24.2 Å². The third-order valence-electron chi connectivity index (χ3n) is 4.69. The molecule has 9 N–H and O–H groups in total. The molecule has 0 radical (unpaired) electrons. The molecule has 0 aliphatic carbocycles. The Morgan fingerprint density at radius 3 is 2.03 bits per heavy atom. The van der Waals surface area contributed by atoms with Gasteiger partial charge in [-0.2, -0.15) is 0 Å². The van der Waals surface area contributed by atoms with E-state index < -0.39 is 6.04 Å². The Morgan fingerprint density at radius 2 is 1.47 bits per heavy atom. The zero-order valence-corrected chi connectivity index (χ0v) is 22.3. The predicted octanol–water partition coefficient (Wildman–Crippen LogP) is 2.27. The van der Waals surface area contributed by atoms with E-state index in [2.05, 4.69) is 52.3 Å². The minimum absolute atomic E-state index is 0.0785. The summed E-state index contributed by atoms with van der Waals surface area (Å²) in [5, 5.41) is 5.80. The molecule has 34 heavy (non-hydrogen) atoms. The van der Waals surface area contributed by atoms with Crippen LogP contribution in [0.15, 0.2) is 36.2 Å². The zero-order chi connectivity index (χ0) is 25.3. The molecule has 0 saturated carbocycles. The fraction of sp³-hybridized carbons (Fsp3) is 0.571. The molecule has 1 atom stereocenters. The van der Waals surface area contributed by atoms with Crippen LogP contribution in [0.3, 0.4) is 0 Å². The van der Waals surface area contributed by atoms with Crippen molar-refractivity contribution >= 4 is 49.7 Å². The monoisotopic (exact) mass is 604 g/mol. The van der Waals surface area contributed by atoms with Crippen molar-refractivity contribution in [2.45, 2.75) is 51.0 Å². The van der Waals surface area contributed by atoms with Crippen LogP contribution in [0.5, 0.6) is 5.75 Å². The molecule has 0 spiro atoms. The summed E-state index contributed by atoms with van der Waals surface area (Å²) in [6.45, 7) is 2.12. The molecule has 0 fully saturated rings. The average Bonchev–Trinajstić information content (AvgIpc) is 2.77. The second-order valence-electron chi connectivity index (χ2n) is 7.59. The van der Waals surface area contributed by atoms with Gasteiger partial charge in [-0.1, -0.05) is 18.0 Å². The van der Waals surface area contributed by atoms with E-state index in [4.69, 9.17) is 27.7 Å². The number of ether oxygens (including phenoxy) is 1. The van der Waals surface area contributed by atoms with E-state index >= 15 is 0 Å². The van der Waals surface area contributed by atoms with Gasteiger partial charge in [-0.15, -0.1) is 4.91 Å². The number of amides is 1. The molecule has 13 heteroatoms. The minimum atomic E-state index is -1.01. The van der Waals surface area contributed by atoms with Gasteiger partial charge in [0.1, 0.15) is 5.75 Å². The number of nitroso groups, excluding NO2 is 1. The lowest BCUT2D eigenvalue weighted by molar-refractivity contribution is -0.122. The van der Waals surface area contributed by atoms with E-state index in [0.29, 0.717) is 40.9 Å². The first kappa shape index (κ1) is 29.6. The molecule has 0 aliphatic heterocycles. The summed E-state index contributed by atoms with van der Waals surface area (Å²) in [7, 11) is 0. The van der Waals surface area contributed by atoms with Gasteiger partial charge in [0, 0.05) is 26.1 Å². The van der Waals surface area contributed by atoms with Crippen LogP contribution >= 0.6 is 31.9 Å². The molecule has 0 aromatic heterocycles. The number of aliphatic imine (C=N–C) groups is 2. The van der Waals surface area contributed by atoms with Crippen molar-refractivity contribution in [3.63, 3.8) is 0 Å². The topological polar surface area (TPSA) is 197 Å². The van der Waals surface area contributed by atoms with Gasteiger partial charge in [0.25, 0.3) is 0 Å². The number of unbranched alkanes of at least 4 members (excludes halogenated alkanes) is 4. The number of rotatable bonds is 17. The van der Waals surface area contributed by atoms with Gasteiger partial charge in [0.15, 0.2) is 18.0 Å². The third-order valence-corrected chi connectivity index (χ3v) is 5.87.